The molecule has 7 heteroatoms. The molecule has 27 heavy (non-hydrogen) atoms. The van der Waals surface area contributed by atoms with Gasteiger partial charge in [0.15, 0.2) is 0 Å². The summed E-state index contributed by atoms with van der Waals surface area (Å²) in [5.74, 6) is 1.80. The summed E-state index contributed by atoms with van der Waals surface area (Å²) in [6.45, 7) is 3.96. The predicted molar refractivity (Wildman–Crippen MR) is 102 cm³/mol. The van der Waals surface area contributed by atoms with E-state index in [2.05, 4.69) is 15.1 Å². The van der Waals surface area contributed by atoms with Crippen LogP contribution in [0, 0.1) is 0 Å². The van der Waals surface area contributed by atoms with E-state index in [9.17, 15) is 4.79 Å². The third-order valence-corrected chi connectivity index (χ3v) is 4.45. The average Bonchev–Trinajstić information content (AvgIpc) is 3.24. The Morgan fingerprint density at radius 1 is 1.22 bits per heavy atom. The molecule has 0 unspecified atom stereocenters. The van der Waals surface area contributed by atoms with Crippen LogP contribution in [0.2, 0.25) is 0 Å². The Bertz CT molecular complexity index is 1150. The van der Waals surface area contributed by atoms with Gasteiger partial charge in [-0.15, -0.1) is 0 Å². The highest BCUT2D eigenvalue weighted by atomic mass is 16.5. The highest BCUT2D eigenvalue weighted by Crippen LogP contribution is 2.23. The van der Waals surface area contributed by atoms with Crippen molar-refractivity contribution in [1.29, 1.82) is 0 Å². The smallest absolute Gasteiger partial charge is 0.326 e. The molecule has 0 saturated carbocycles. The fraction of sp³-hybridized carbons (Fsp3) is 0.250. The lowest BCUT2D eigenvalue weighted by atomic mass is 10.1. The van der Waals surface area contributed by atoms with Crippen LogP contribution in [0.15, 0.2) is 51.8 Å². The topological polar surface area (TPSA) is 85.9 Å². The number of aromatic amines is 1. The van der Waals surface area contributed by atoms with E-state index in [-0.39, 0.29) is 11.7 Å². The van der Waals surface area contributed by atoms with Crippen LogP contribution >= 0.6 is 0 Å². The zero-order valence-electron chi connectivity index (χ0n) is 15.4. The lowest BCUT2D eigenvalue weighted by Gasteiger charge is -2.06. The number of nitrogens with one attached hydrogen (secondary N) is 1. The van der Waals surface area contributed by atoms with Crippen LogP contribution in [0.1, 0.15) is 31.3 Å². The van der Waals surface area contributed by atoms with Crippen molar-refractivity contribution in [3.05, 3.63) is 64.4 Å². The minimum atomic E-state index is -0.121. The van der Waals surface area contributed by atoms with Gasteiger partial charge in [0.25, 0.3) is 0 Å². The molecule has 138 valence electrons. The standard InChI is InChI=1S/C20H20N4O3/c1-12(2)24-17-8-7-14(11-16(17)21-20(24)25)19-22-18(27-23-19)10-13-5-4-6-15(9-13)26-3/h4-9,11-12H,10H2,1-3H3,(H,21,25). The molecule has 0 amide bonds. The number of aromatic nitrogens is 4. The summed E-state index contributed by atoms with van der Waals surface area (Å²) in [5.41, 5.74) is 3.31. The molecule has 0 aliphatic rings. The van der Waals surface area contributed by atoms with E-state index in [1.807, 2.05) is 56.3 Å². The fourth-order valence-corrected chi connectivity index (χ4v) is 3.18. The van der Waals surface area contributed by atoms with Gasteiger partial charge in [0.05, 0.1) is 24.6 Å². The van der Waals surface area contributed by atoms with E-state index in [1.54, 1.807) is 11.7 Å². The van der Waals surface area contributed by atoms with E-state index in [0.29, 0.717) is 18.1 Å². The van der Waals surface area contributed by atoms with Gasteiger partial charge in [-0.2, -0.15) is 4.98 Å². The molecule has 4 aromatic rings. The van der Waals surface area contributed by atoms with Gasteiger partial charge in [-0.05, 0) is 49.7 Å². The van der Waals surface area contributed by atoms with Crippen molar-refractivity contribution in [2.45, 2.75) is 26.3 Å². The SMILES string of the molecule is COc1cccc(Cc2nc(-c3ccc4c(c3)[nH]c(=O)n4C(C)C)no2)c1. The van der Waals surface area contributed by atoms with Gasteiger partial charge < -0.3 is 14.2 Å². The van der Waals surface area contributed by atoms with Gasteiger partial charge in [-0.25, -0.2) is 4.79 Å². The maximum atomic E-state index is 12.1. The number of rotatable bonds is 5. The lowest BCUT2D eigenvalue weighted by Crippen LogP contribution is -2.18. The van der Waals surface area contributed by atoms with Crippen molar-refractivity contribution in [2.75, 3.05) is 7.11 Å². The third-order valence-electron chi connectivity index (χ3n) is 4.45. The molecule has 0 fully saturated rings. The molecule has 0 saturated heterocycles. The van der Waals surface area contributed by atoms with Gasteiger partial charge >= 0.3 is 5.69 Å². The molecular formula is C20H20N4O3. The highest BCUT2D eigenvalue weighted by molar-refractivity contribution is 5.80. The summed E-state index contributed by atoms with van der Waals surface area (Å²) < 4.78 is 12.4. The summed E-state index contributed by atoms with van der Waals surface area (Å²) in [6.07, 6.45) is 0.521. The Morgan fingerprint density at radius 2 is 2.07 bits per heavy atom. The Hall–Kier alpha value is -3.35. The maximum Gasteiger partial charge on any atom is 0.326 e. The molecule has 0 spiro atoms. The van der Waals surface area contributed by atoms with Gasteiger partial charge in [-0.3, -0.25) is 4.57 Å². The van der Waals surface area contributed by atoms with Crippen LogP contribution in [-0.4, -0.2) is 26.8 Å². The molecule has 0 atom stereocenters. The molecule has 4 rings (SSSR count). The lowest BCUT2D eigenvalue weighted by molar-refractivity contribution is 0.385. The molecule has 0 radical (unpaired) electrons. The summed E-state index contributed by atoms with van der Waals surface area (Å²) in [4.78, 5) is 19.5. The number of ether oxygens (including phenoxy) is 1. The molecule has 2 heterocycles. The second-order valence-corrected chi connectivity index (χ2v) is 6.67. The van der Waals surface area contributed by atoms with Gasteiger partial charge in [0.2, 0.25) is 11.7 Å². The molecule has 0 bridgehead atoms. The number of imidazole rings is 1. The van der Waals surface area contributed by atoms with Crippen molar-refractivity contribution < 1.29 is 9.26 Å². The quantitative estimate of drug-likeness (QED) is 0.585. The van der Waals surface area contributed by atoms with Crippen molar-refractivity contribution in [3.63, 3.8) is 0 Å². The zero-order valence-corrected chi connectivity index (χ0v) is 15.4. The Labute approximate surface area is 155 Å². The van der Waals surface area contributed by atoms with E-state index < -0.39 is 0 Å². The van der Waals surface area contributed by atoms with Crippen LogP contribution in [0.25, 0.3) is 22.4 Å². The highest BCUT2D eigenvalue weighted by Gasteiger charge is 2.14. The molecule has 0 aliphatic carbocycles. The summed E-state index contributed by atoms with van der Waals surface area (Å²) >= 11 is 0. The van der Waals surface area contributed by atoms with E-state index >= 15 is 0 Å². The Morgan fingerprint density at radius 3 is 2.85 bits per heavy atom. The maximum absolute atomic E-state index is 12.1. The van der Waals surface area contributed by atoms with E-state index in [1.165, 1.54) is 0 Å². The van der Waals surface area contributed by atoms with Gasteiger partial charge in [0, 0.05) is 11.6 Å². The number of benzene rings is 2. The van der Waals surface area contributed by atoms with Crippen LogP contribution in [0.5, 0.6) is 5.75 Å². The van der Waals surface area contributed by atoms with Gasteiger partial charge in [-0.1, -0.05) is 17.3 Å². The summed E-state index contributed by atoms with van der Waals surface area (Å²) in [5, 5.41) is 4.08. The predicted octanol–water partition coefficient (Wildman–Crippen LogP) is 3.56. The van der Waals surface area contributed by atoms with Crippen molar-refractivity contribution in [2.24, 2.45) is 0 Å². The minimum absolute atomic E-state index is 0.0803. The van der Waals surface area contributed by atoms with Crippen molar-refractivity contribution in [3.8, 4) is 17.1 Å². The average molecular weight is 364 g/mol. The molecule has 0 aliphatic heterocycles. The van der Waals surface area contributed by atoms with Crippen LogP contribution in [-0.2, 0) is 6.42 Å². The second kappa shape index (κ2) is 6.75. The first kappa shape index (κ1) is 17.1. The fourth-order valence-electron chi connectivity index (χ4n) is 3.18. The molecular weight excluding hydrogens is 344 g/mol. The number of hydrogen-bond donors (Lipinski definition) is 1. The normalized spacial score (nSPS) is 11.4. The zero-order chi connectivity index (χ0) is 19.0. The molecule has 2 aromatic carbocycles. The molecule has 2 aromatic heterocycles. The summed E-state index contributed by atoms with van der Waals surface area (Å²) in [7, 11) is 1.64. The number of H-pyrrole nitrogens is 1. The third kappa shape index (κ3) is 3.23. The van der Waals surface area contributed by atoms with Crippen LogP contribution in [0.4, 0.5) is 0 Å². The van der Waals surface area contributed by atoms with Crippen molar-refractivity contribution >= 4 is 11.0 Å². The van der Waals surface area contributed by atoms with E-state index in [0.717, 1.165) is 27.9 Å². The van der Waals surface area contributed by atoms with Crippen LogP contribution in [0.3, 0.4) is 0 Å². The van der Waals surface area contributed by atoms with E-state index in [4.69, 9.17) is 9.26 Å². The van der Waals surface area contributed by atoms with Crippen LogP contribution < -0.4 is 10.4 Å². The first-order chi connectivity index (χ1) is 13.0. The second-order valence-electron chi connectivity index (χ2n) is 6.67. The van der Waals surface area contributed by atoms with Gasteiger partial charge in [0.1, 0.15) is 5.75 Å². The number of hydrogen-bond acceptors (Lipinski definition) is 5. The number of methoxy groups -OCH3 is 1. The number of nitrogens with zero attached hydrogens (tertiary/aromatic N) is 3. The monoisotopic (exact) mass is 364 g/mol. The number of fused-ring (bicyclic) bond motifs is 1. The summed E-state index contributed by atoms with van der Waals surface area (Å²) in [6, 6.07) is 13.5. The molecule has 1 N–H and O–H groups in total. The first-order valence-corrected chi connectivity index (χ1v) is 8.75. The Kier molecular flexibility index (Phi) is 4.27. The first-order valence-electron chi connectivity index (χ1n) is 8.75. The largest absolute Gasteiger partial charge is 0.497 e. The molecule has 7 nitrogen and oxygen atoms in total. The Balaban J connectivity index is 1.63. The van der Waals surface area contributed by atoms with Crippen molar-refractivity contribution in [1.82, 2.24) is 19.7 Å². The minimum Gasteiger partial charge on any atom is -0.497 e.